The minimum Gasteiger partial charge on any atom is -0.318 e. The zero-order valence-corrected chi connectivity index (χ0v) is 13.8. The number of aryl methyl sites for hydroxylation is 1. The van der Waals surface area contributed by atoms with Crippen molar-refractivity contribution in [1.29, 1.82) is 0 Å². The van der Waals surface area contributed by atoms with Crippen LogP contribution in [-0.2, 0) is 4.79 Å². The van der Waals surface area contributed by atoms with E-state index in [1.165, 1.54) is 0 Å². The first-order chi connectivity index (χ1) is 10.9. The first kappa shape index (κ1) is 15.4. The molecule has 0 radical (unpaired) electrons. The predicted molar refractivity (Wildman–Crippen MR) is 89.6 cm³/mol. The Morgan fingerprint density at radius 2 is 1.87 bits per heavy atom. The summed E-state index contributed by atoms with van der Waals surface area (Å²) in [5.41, 5.74) is 5.09. The Kier molecular flexibility index (Phi) is 3.74. The van der Waals surface area contributed by atoms with Gasteiger partial charge >= 0.3 is 6.03 Å². The largest absolute Gasteiger partial charge is 0.326 e. The van der Waals surface area contributed by atoms with Gasteiger partial charge < -0.3 is 9.88 Å². The summed E-state index contributed by atoms with van der Waals surface area (Å²) >= 11 is 6.22. The van der Waals surface area contributed by atoms with Gasteiger partial charge in [-0.15, -0.1) is 0 Å². The number of nitrogens with one attached hydrogen (secondary N) is 2. The van der Waals surface area contributed by atoms with Gasteiger partial charge in [0.05, 0.1) is 0 Å². The van der Waals surface area contributed by atoms with E-state index in [4.69, 9.17) is 11.6 Å². The van der Waals surface area contributed by atoms with Crippen molar-refractivity contribution in [3.63, 3.8) is 0 Å². The number of imide groups is 1. The fourth-order valence-electron chi connectivity index (χ4n) is 2.78. The molecule has 1 fully saturated rings. The Morgan fingerprint density at radius 1 is 1.13 bits per heavy atom. The molecule has 118 valence electrons. The lowest BCUT2D eigenvalue weighted by atomic mass is 10.2. The molecular weight excluding hydrogens is 314 g/mol. The average molecular weight is 330 g/mol. The smallest absolute Gasteiger partial charge is 0.318 e. The van der Waals surface area contributed by atoms with Crippen LogP contribution < -0.4 is 10.6 Å². The molecule has 2 aromatic rings. The number of nitrogens with zero attached hydrogens (tertiary/aromatic N) is 1. The van der Waals surface area contributed by atoms with Gasteiger partial charge in [-0.25, -0.2) is 4.79 Å². The molecule has 1 aliphatic rings. The molecule has 23 heavy (non-hydrogen) atoms. The molecule has 2 N–H and O–H groups in total. The molecule has 0 bridgehead atoms. The molecule has 3 amide bonds. The number of rotatable bonds is 2. The van der Waals surface area contributed by atoms with E-state index >= 15 is 0 Å². The summed E-state index contributed by atoms with van der Waals surface area (Å²) < 4.78 is 2.09. The van der Waals surface area contributed by atoms with E-state index in [0.29, 0.717) is 5.02 Å². The van der Waals surface area contributed by atoms with Crippen LogP contribution in [0.15, 0.2) is 30.0 Å². The van der Waals surface area contributed by atoms with Gasteiger partial charge in [0.2, 0.25) is 0 Å². The van der Waals surface area contributed by atoms with Crippen molar-refractivity contribution < 1.29 is 9.59 Å². The number of amides is 3. The van der Waals surface area contributed by atoms with Crippen LogP contribution in [0.5, 0.6) is 0 Å². The third kappa shape index (κ3) is 2.64. The van der Waals surface area contributed by atoms with E-state index in [-0.39, 0.29) is 5.70 Å². The normalized spacial score (nSPS) is 15.9. The molecule has 5 nitrogen and oxygen atoms in total. The molecule has 1 aromatic heterocycles. The molecule has 1 aromatic carbocycles. The van der Waals surface area contributed by atoms with Gasteiger partial charge in [0, 0.05) is 22.1 Å². The second kappa shape index (κ2) is 5.59. The maximum Gasteiger partial charge on any atom is 0.326 e. The Bertz CT molecular complexity index is 865. The zero-order valence-electron chi connectivity index (χ0n) is 13.0. The van der Waals surface area contributed by atoms with Crippen molar-refractivity contribution in [3.05, 3.63) is 57.5 Å². The van der Waals surface area contributed by atoms with E-state index in [0.717, 1.165) is 28.2 Å². The van der Waals surface area contributed by atoms with Crippen molar-refractivity contribution in [1.82, 2.24) is 15.2 Å². The van der Waals surface area contributed by atoms with Crippen LogP contribution in [0.4, 0.5) is 4.79 Å². The maximum absolute atomic E-state index is 11.7. The van der Waals surface area contributed by atoms with Crippen LogP contribution >= 0.6 is 11.6 Å². The maximum atomic E-state index is 11.7. The second-order valence-corrected chi connectivity index (χ2v) is 5.92. The molecule has 0 unspecified atom stereocenters. The topological polar surface area (TPSA) is 63.1 Å². The minimum atomic E-state index is -0.499. The van der Waals surface area contributed by atoms with Gasteiger partial charge in [-0.2, -0.15) is 0 Å². The molecule has 3 rings (SSSR count). The van der Waals surface area contributed by atoms with E-state index in [2.05, 4.69) is 15.2 Å². The summed E-state index contributed by atoms with van der Waals surface area (Å²) in [6.45, 7) is 5.93. The number of hydrogen-bond acceptors (Lipinski definition) is 2. The molecule has 6 heteroatoms. The SMILES string of the molecule is Cc1c(Cl)cccc1-n1c(C)cc(/C=C2/NC(=O)NC2=O)c1C. The number of benzene rings is 1. The van der Waals surface area contributed by atoms with Gasteiger partial charge in [0.25, 0.3) is 5.91 Å². The third-order valence-corrected chi connectivity index (χ3v) is 4.38. The minimum absolute atomic E-state index is 0.248. The number of aromatic nitrogens is 1. The van der Waals surface area contributed by atoms with Gasteiger partial charge in [-0.3, -0.25) is 10.1 Å². The van der Waals surface area contributed by atoms with E-state index < -0.39 is 11.9 Å². The first-order valence-electron chi connectivity index (χ1n) is 7.17. The van der Waals surface area contributed by atoms with Crippen LogP contribution in [0.25, 0.3) is 11.8 Å². The summed E-state index contributed by atoms with van der Waals surface area (Å²) in [7, 11) is 0. The molecule has 0 aliphatic carbocycles. The van der Waals surface area contributed by atoms with Crippen LogP contribution in [0, 0.1) is 20.8 Å². The number of urea groups is 1. The highest BCUT2D eigenvalue weighted by molar-refractivity contribution is 6.31. The van der Waals surface area contributed by atoms with Crippen molar-refractivity contribution in [2.75, 3.05) is 0 Å². The summed E-state index contributed by atoms with van der Waals surface area (Å²) in [4.78, 5) is 22.9. The Labute approximate surface area is 138 Å². The van der Waals surface area contributed by atoms with Gasteiger partial charge in [-0.1, -0.05) is 17.7 Å². The summed E-state index contributed by atoms with van der Waals surface area (Å²) in [6.07, 6.45) is 1.68. The van der Waals surface area contributed by atoms with Gasteiger partial charge in [0.1, 0.15) is 5.70 Å². The Morgan fingerprint density at radius 3 is 2.52 bits per heavy atom. The predicted octanol–water partition coefficient (Wildman–Crippen LogP) is 3.24. The lowest BCUT2D eigenvalue weighted by Crippen LogP contribution is -2.22. The molecular formula is C17H16ClN3O2. The highest BCUT2D eigenvalue weighted by atomic mass is 35.5. The van der Waals surface area contributed by atoms with Gasteiger partial charge in [-0.05, 0) is 56.2 Å². The van der Waals surface area contributed by atoms with Crippen LogP contribution in [0.1, 0.15) is 22.5 Å². The van der Waals surface area contributed by atoms with E-state index in [1.807, 2.05) is 45.0 Å². The molecule has 1 aliphatic heterocycles. The van der Waals surface area contributed by atoms with Crippen molar-refractivity contribution in [3.8, 4) is 5.69 Å². The van der Waals surface area contributed by atoms with Gasteiger partial charge in [0.15, 0.2) is 0 Å². The fraction of sp³-hybridized carbons (Fsp3) is 0.176. The summed E-state index contributed by atoms with van der Waals surface area (Å²) in [6, 6.07) is 7.24. The molecule has 0 spiro atoms. The molecule has 2 heterocycles. The van der Waals surface area contributed by atoms with E-state index in [1.54, 1.807) is 6.08 Å². The monoisotopic (exact) mass is 329 g/mol. The van der Waals surface area contributed by atoms with E-state index in [9.17, 15) is 9.59 Å². The average Bonchev–Trinajstić information content (AvgIpc) is 2.94. The quantitative estimate of drug-likeness (QED) is 0.656. The highest BCUT2D eigenvalue weighted by Gasteiger charge is 2.23. The van der Waals surface area contributed by atoms with Crippen LogP contribution in [0.3, 0.4) is 0 Å². The lowest BCUT2D eigenvalue weighted by Gasteiger charge is -2.13. The standard InChI is InChI=1S/C17H16ClN3O2/c1-9-7-12(8-14-16(22)20-17(23)19-14)11(3)21(9)15-6-4-5-13(18)10(15)2/h4-8H,1-3H3,(H2,19,20,22,23)/b14-8+. The zero-order chi connectivity index (χ0) is 16.7. The Hall–Kier alpha value is -2.53. The second-order valence-electron chi connectivity index (χ2n) is 5.51. The van der Waals surface area contributed by atoms with Crippen molar-refractivity contribution in [2.24, 2.45) is 0 Å². The van der Waals surface area contributed by atoms with Crippen LogP contribution in [-0.4, -0.2) is 16.5 Å². The summed E-state index contributed by atoms with van der Waals surface area (Å²) in [5.74, 6) is -0.418. The number of carbonyl (C=O) groups excluding carboxylic acids is 2. The highest BCUT2D eigenvalue weighted by Crippen LogP contribution is 2.28. The summed E-state index contributed by atoms with van der Waals surface area (Å²) in [5, 5.41) is 5.40. The van der Waals surface area contributed by atoms with Crippen molar-refractivity contribution >= 4 is 29.6 Å². The molecule has 0 saturated carbocycles. The Balaban J connectivity index is 2.11. The number of hydrogen-bond donors (Lipinski definition) is 2. The molecule has 0 atom stereocenters. The van der Waals surface area contributed by atoms with Crippen molar-refractivity contribution in [2.45, 2.75) is 20.8 Å². The molecule has 1 saturated heterocycles. The third-order valence-electron chi connectivity index (χ3n) is 3.97. The first-order valence-corrected chi connectivity index (χ1v) is 7.54. The number of halogens is 1. The van der Waals surface area contributed by atoms with Crippen LogP contribution in [0.2, 0.25) is 5.02 Å². The fourth-order valence-corrected chi connectivity index (χ4v) is 2.95. The number of carbonyl (C=O) groups is 2. The lowest BCUT2D eigenvalue weighted by molar-refractivity contribution is -0.115.